The molecule has 2 aromatic rings. The van der Waals surface area contributed by atoms with E-state index in [1.165, 1.54) is 12.1 Å². The normalized spacial score (nSPS) is 14.7. The maximum atomic E-state index is 13.3. The Hall–Kier alpha value is -3.00. The molecule has 1 heterocycles. The van der Waals surface area contributed by atoms with Crippen LogP contribution in [-0.2, 0) is 11.2 Å². The van der Waals surface area contributed by atoms with Crippen molar-refractivity contribution in [3.05, 3.63) is 64.0 Å². The van der Waals surface area contributed by atoms with E-state index in [1.807, 2.05) is 41.0 Å². The Balaban J connectivity index is 1.57. The molecule has 0 bridgehead atoms. The third-order valence-corrected chi connectivity index (χ3v) is 4.89. The fourth-order valence-corrected chi connectivity index (χ4v) is 3.40. The lowest BCUT2D eigenvalue weighted by atomic mass is 10.1. The number of nitrogens with one attached hydrogen (secondary N) is 1. The van der Waals surface area contributed by atoms with Crippen molar-refractivity contribution >= 4 is 23.0 Å². The molecule has 1 N–H and O–H groups in total. The predicted octanol–water partition coefficient (Wildman–Crippen LogP) is 3.06. The van der Waals surface area contributed by atoms with Crippen molar-refractivity contribution < 1.29 is 14.1 Å². The van der Waals surface area contributed by atoms with Gasteiger partial charge in [0.05, 0.1) is 17.5 Å². The molecule has 7 nitrogen and oxygen atoms in total. The average Bonchev–Trinajstić information content (AvgIpc) is 2.69. The van der Waals surface area contributed by atoms with E-state index >= 15 is 0 Å². The first-order valence-electron chi connectivity index (χ1n) is 9.27. The van der Waals surface area contributed by atoms with E-state index in [-0.39, 0.29) is 18.1 Å². The van der Waals surface area contributed by atoms with Crippen LogP contribution in [0.25, 0.3) is 0 Å². The van der Waals surface area contributed by atoms with E-state index in [4.69, 9.17) is 0 Å². The molecule has 1 fully saturated rings. The summed E-state index contributed by atoms with van der Waals surface area (Å²) in [6.07, 6.45) is 0.839. The van der Waals surface area contributed by atoms with Gasteiger partial charge in [0, 0.05) is 31.9 Å². The lowest BCUT2D eigenvalue weighted by Crippen LogP contribution is -2.48. The minimum Gasteiger partial charge on any atom is -0.363 e. The number of carbonyl (C=O) groups excluding carboxylic acids is 1. The second kappa shape index (κ2) is 8.79. The first-order chi connectivity index (χ1) is 13.5. The summed E-state index contributed by atoms with van der Waals surface area (Å²) in [6.45, 7) is 4.56. The fourth-order valence-electron chi connectivity index (χ4n) is 3.40. The van der Waals surface area contributed by atoms with Gasteiger partial charge in [-0.3, -0.25) is 19.8 Å². The Morgan fingerprint density at radius 1 is 1.18 bits per heavy atom. The first-order valence-corrected chi connectivity index (χ1v) is 9.27. The molecule has 0 aromatic heterocycles. The molecule has 1 aliphatic rings. The summed E-state index contributed by atoms with van der Waals surface area (Å²) in [7, 11) is 0. The van der Waals surface area contributed by atoms with E-state index in [1.54, 1.807) is 0 Å². The Labute approximate surface area is 162 Å². The fraction of sp³-hybridized carbons (Fsp3) is 0.350. The molecule has 0 unspecified atom stereocenters. The number of halogens is 1. The number of nitro benzene ring substituents is 1. The summed E-state index contributed by atoms with van der Waals surface area (Å²) < 4.78 is 13.3. The number of anilines is 2. The summed E-state index contributed by atoms with van der Waals surface area (Å²) in [5.74, 6) is -0.708. The Morgan fingerprint density at radius 3 is 2.57 bits per heavy atom. The van der Waals surface area contributed by atoms with Crippen molar-refractivity contribution in [2.75, 3.05) is 42.9 Å². The molecule has 0 saturated carbocycles. The van der Waals surface area contributed by atoms with Crippen LogP contribution in [0, 0.1) is 15.9 Å². The van der Waals surface area contributed by atoms with Crippen LogP contribution in [0.3, 0.4) is 0 Å². The number of nitro groups is 1. The largest absolute Gasteiger partial charge is 0.363 e. The summed E-state index contributed by atoms with van der Waals surface area (Å²) in [4.78, 5) is 26.9. The summed E-state index contributed by atoms with van der Waals surface area (Å²) in [5.41, 5.74) is 2.09. The number of aryl methyl sites for hydroxylation is 1. The molecule has 1 saturated heterocycles. The minimum atomic E-state index is -0.627. The summed E-state index contributed by atoms with van der Waals surface area (Å²) in [6, 6.07) is 11.3. The standard InChI is InChI=1S/C20H23FN4O3/c1-2-15-5-3-4-6-17(15)22-20(26)14-23-9-11-24(12-10-23)18-8-7-16(21)13-19(18)25(27)28/h3-8,13H,2,9-12,14H2,1H3,(H,22,26). The molecule has 148 valence electrons. The van der Waals surface area contributed by atoms with Crippen LogP contribution in [0.4, 0.5) is 21.5 Å². The van der Waals surface area contributed by atoms with Gasteiger partial charge in [-0.15, -0.1) is 0 Å². The topological polar surface area (TPSA) is 78.7 Å². The number of piperazine rings is 1. The molecule has 0 aliphatic carbocycles. The third-order valence-electron chi connectivity index (χ3n) is 4.89. The van der Waals surface area contributed by atoms with Gasteiger partial charge in [-0.2, -0.15) is 0 Å². The number of amides is 1. The van der Waals surface area contributed by atoms with Gasteiger partial charge in [-0.1, -0.05) is 25.1 Å². The van der Waals surface area contributed by atoms with Gasteiger partial charge in [-0.05, 0) is 30.2 Å². The molecule has 3 rings (SSSR count). The molecule has 1 aliphatic heterocycles. The average molecular weight is 386 g/mol. The zero-order chi connectivity index (χ0) is 20.1. The third kappa shape index (κ3) is 4.64. The smallest absolute Gasteiger partial charge is 0.295 e. The molecule has 0 spiro atoms. The number of carbonyl (C=O) groups is 1. The number of hydrogen-bond acceptors (Lipinski definition) is 5. The van der Waals surface area contributed by atoms with E-state index in [0.29, 0.717) is 31.9 Å². The number of nitrogens with zero attached hydrogens (tertiary/aromatic N) is 3. The van der Waals surface area contributed by atoms with Crippen molar-refractivity contribution in [1.82, 2.24) is 4.90 Å². The van der Waals surface area contributed by atoms with Crippen LogP contribution in [0.15, 0.2) is 42.5 Å². The van der Waals surface area contributed by atoms with Gasteiger partial charge in [0.25, 0.3) is 5.69 Å². The molecule has 28 heavy (non-hydrogen) atoms. The van der Waals surface area contributed by atoms with Gasteiger partial charge < -0.3 is 10.2 Å². The molecule has 2 aromatic carbocycles. The van der Waals surface area contributed by atoms with Crippen molar-refractivity contribution in [1.29, 1.82) is 0 Å². The predicted molar refractivity (Wildman–Crippen MR) is 106 cm³/mol. The second-order valence-corrected chi connectivity index (χ2v) is 6.71. The van der Waals surface area contributed by atoms with Crippen LogP contribution < -0.4 is 10.2 Å². The highest BCUT2D eigenvalue weighted by molar-refractivity contribution is 5.93. The first kappa shape index (κ1) is 19.8. The van der Waals surface area contributed by atoms with Crippen molar-refractivity contribution in [3.8, 4) is 0 Å². The van der Waals surface area contributed by atoms with Gasteiger partial charge in [-0.25, -0.2) is 4.39 Å². The lowest BCUT2D eigenvalue weighted by molar-refractivity contribution is -0.384. The van der Waals surface area contributed by atoms with Crippen LogP contribution in [0.2, 0.25) is 0 Å². The highest BCUT2D eigenvalue weighted by Crippen LogP contribution is 2.29. The van der Waals surface area contributed by atoms with Crippen LogP contribution in [0.5, 0.6) is 0 Å². The van der Waals surface area contributed by atoms with E-state index in [2.05, 4.69) is 5.32 Å². The maximum absolute atomic E-state index is 13.3. The highest BCUT2D eigenvalue weighted by Gasteiger charge is 2.25. The number of rotatable bonds is 6. The molecule has 0 radical (unpaired) electrons. The number of hydrogen-bond donors (Lipinski definition) is 1. The Bertz CT molecular complexity index is 866. The van der Waals surface area contributed by atoms with Crippen molar-refractivity contribution in [2.24, 2.45) is 0 Å². The molecular weight excluding hydrogens is 363 g/mol. The zero-order valence-electron chi connectivity index (χ0n) is 15.7. The molecule has 1 amide bonds. The highest BCUT2D eigenvalue weighted by atomic mass is 19.1. The lowest BCUT2D eigenvalue weighted by Gasteiger charge is -2.35. The Morgan fingerprint density at radius 2 is 1.89 bits per heavy atom. The minimum absolute atomic E-state index is 0.0814. The van der Waals surface area contributed by atoms with Gasteiger partial charge >= 0.3 is 0 Å². The zero-order valence-corrected chi connectivity index (χ0v) is 15.7. The molecular formula is C20H23FN4O3. The maximum Gasteiger partial charge on any atom is 0.295 e. The van der Waals surface area contributed by atoms with Gasteiger partial charge in [0.2, 0.25) is 5.91 Å². The SMILES string of the molecule is CCc1ccccc1NC(=O)CN1CCN(c2ccc(F)cc2[N+](=O)[O-])CC1. The molecule has 8 heteroatoms. The molecule has 0 atom stereocenters. The Kier molecular flexibility index (Phi) is 6.20. The quantitative estimate of drug-likeness (QED) is 0.610. The monoisotopic (exact) mass is 386 g/mol. The van der Waals surface area contributed by atoms with Crippen molar-refractivity contribution in [3.63, 3.8) is 0 Å². The summed E-state index contributed by atoms with van der Waals surface area (Å²) in [5, 5.41) is 14.2. The van der Waals surface area contributed by atoms with Crippen LogP contribution >= 0.6 is 0 Å². The van der Waals surface area contributed by atoms with Gasteiger partial charge in [0.15, 0.2) is 0 Å². The van der Waals surface area contributed by atoms with E-state index < -0.39 is 10.7 Å². The van der Waals surface area contributed by atoms with Crippen molar-refractivity contribution in [2.45, 2.75) is 13.3 Å². The second-order valence-electron chi connectivity index (χ2n) is 6.71. The van der Waals surface area contributed by atoms with Crippen LogP contribution in [0.1, 0.15) is 12.5 Å². The number of benzene rings is 2. The number of para-hydroxylation sites is 1. The van der Waals surface area contributed by atoms with E-state index in [0.717, 1.165) is 23.7 Å². The summed E-state index contributed by atoms with van der Waals surface area (Å²) >= 11 is 0. The van der Waals surface area contributed by atoms with Gasteiger partial charge in [0.1, 0.15) is 11.5 Å². The van der Waals surface area contributed by atoms with E-state index in [9.17, 15) is 19.3 Å². The van der Waals surface area contributed by atoms with Crippen LogP contribution in [-0.4, -0.2) is 48.5 Å².